The molecule has 0 radical (unpaired) electrons. The number of rotatable bonds is 4. The zero-order valence-electron chi connectivity index (χ0n) is 27.3. The SMILES string of the molecule is CC(C)C.CNC1C/C=C\CCSC2OC1C(O)C(O)C2O.N/C=C\N(N)c1ccccc1.O=CC1NCC2CCCCOC21. The van der Waals surface area contributed by atoms with Gasteiger partial charge in [-0.1, -0.05) is 57.5 Å². The second kappa shape index (κ2) is 21.7. The number of aliphatic hydroxyl groups excluding tert-OH is 3. The van der Waals surface area contributed by atoms with Crippen molar-refractivity contribution in [2.45, 2.75) is 101 Å². The highest BCUT2D eigenvalue weighted by molar-refractivity contribution is 7.99. The van der Waals surface area contributed by atoms with Crippen LogP contribution in [0.2, 0.25) is 0 Å². The molecule has 11 nitrogen and oxygen atoms in total. The van der Waals surface area contributed by atoms with Gasteiger partial charge in [0, 0.05) is 31.6 Å². The predicted octanol–water partition coefficient (Wildman–Crippen LogP) is 2.27. The van der Waals surface area contributed by atoms with Crippen molar-refractivity contribution < 1.29 is 29.6 Å². The number of hydrazine groups is 1. The molecule has 4 heterocycles. The zero-order chi connectivity index (χ0) is 33.2. The van der Waals surface area contributed by atoms with Gasteiger partial charge >= 0.3 is 0 Å². The number of carbonyl (C=O) groups excluding carboxylic acids is 1. The maximum Gasteiger partial charge on any atom is 0.139 e. The lowest BCUT2D eigenvalue weighted by atomic mass is 9.93. The number of nitrogens with two attached hydrogens (primary N) is 2. The second-order valence-electron chi connectivity index (χ2n) is 12.2. The number of hydrogen-bond acceptors (Lipinski definition) is 12. The predicted molar refractivity (Wildman–Crippen MR) is 182 cm³/mol. The van der Waals surface area contributed by atoms with Gasteiger partial charge in [-0.25, -0.2) is 5.84 Å². The molecule has 0 aliphatic carbocycles. The highest BCUT2D eigenvalue weighted by atomic mass is 32.2. The second-order valence-corrected chi connectivity index (χ2v) is 13.4. The van der Waals surface area contributed by atoms with E-state index in [0.717, 1.165) is 56.1 Å². The molecule has 0 spiro atoms. The molecule has 0 amide bonds. The van der Waals surface area contributed by atoms with Crippen molar-refractivity contribution in [2.24, 2.45) is 23.4 Å². The van der Waals surface area contributed by atoms with Crippen LogP contribution in [0.4, 0.5) is 5.69 Å². The molecule has 1 aromatic carbocycles. The first kappa shape index (κ1) is 39.2. The molecule has 256 valence electrons. The summed E-state index contributed by atoms with van der Waals surface area (Å²) in [6.07, 6.45) is 9.79. The van der Waals surface area contributed by atoms with Crippen LogP contribution in [-0.2, 0) is 14.3 Å². The Morgan fingerprint density at radius 3 is 2.42 bits per heavy atom. The van der Waals surface area contributed by atoms with Gasteiger partial charge in [-0.3, -0.25) is 5.01 Å². The van der Waals surface area contributed by atoms with Crippen molar-refractivity contribution in [3.05, 3.63) is 54.9 Å². The molecule has 9 N–H and O–H groups in total. The van der Waals surface area contributed by atoms with Gasteiger partial charge in [0.2, 0.25) is 0 Å². The van der Waals surface area contributed by atoms with Gasteiger partial charge < -0.3 is 46.0 Å². The number of hydrogen-bond donors (Lipinski definition) is 7. The number of para-hydroxylation sites is 1. The number of nitrogens with zero attached hydrogens (tertiary/aromatic N) is 1. The van der Waals surface area contributed by atoms with Crippen molar-refractivity contribution in [1.82, 2.24) is 10.6 Å². The highest BCUT2D eigenvalue weighted by Crippen LogP contribution is 2.31. The Hall–Kier alpha value is -2.00. The van der Waals surface area contributed by atoms with Crippen LogP contribution in [0.1, 0.15) is 52.9 Å². The molecule has 4 aliphatic rings. The number of anilines is 1. The molecule has 4 aliphatic heterocycles. The molecule has 45 heavy (non-hydrogen) atoms. The largest absolute Gasteiger partial charge is 0.403 e. The number of allylic oxidation sites excluding steroid dienone is 1. The summed E-state index contributed by atoms with van der Waals surface area (Å²) in [5.41, 5.74) is 5.60. The molecule has 3 saturated heterocycles. The lowest BCUT2D eigenvalue weighted by molar-refractivity contribution is -0.204. The van der Waals surface area contributed by atoms with Gasteiger partial charge in [-0.05, 0) is 62.5 Å². The minimum atomic E-state index is -1.15. The van der Waals surface area contributed by atoms with Crippen LogP contribution < -0.4 is 27.2 Å². The van der Waals surface area contributed by atoms with E-state index in [1.807, 2.05) is 30.3 Å². The quantitative estimate of drug-likeness (QED) is 0.110. The molecule has 0 aromatic heterocycles. The van der Waals surface area contributed by atoms with E-state index >= 15 is 0 Å². The lowest BCUT2D eigenvalue weighted by Crippen LogP contribution is -2.61. The first-order valence-electron chi connectivity index (χ1n) is 16.1. The van der Waals surface area contributed by atoms with E-state index in [1.165, 1.54) is 35.8 Å². The zero-order valence-corrected chi connectivity index (χ0v) is 28.1. The molecule has 12 heteroatoms. The summed E-state index contributed by atoms with van der Waals surface area (Å²) in [7, 11) is 1.81. The van der Waals surface area contributed by atoms with Crippen LogP contribution in [0, 0.1) is 11.8 Å². The van der Waals surface area contributed by atoms with E-state index in [-0.39, 0.29) is 18.2 Å². The normalized spacial score (nSPS) is 33.5. The van der Waals surface area contributed by atoms with Crippen LogP contribution in [0.5, 0.6) is 0 Å². The van der Waals surface area contributed by atoms with Crippen molar-refractivity contribution in [3.8, 4) is 0 Å². The van der Waals surface area contributed by atoms with E-state index in [4.69, 9.17) is 21.1 Å². The molecular formula is C33H57N5O6S. The Morgan fingerprint density at radius 2 is 1.78 bits per heavy atom. The fourth-order valence-electron chi connectivity index (χ4n) is 5.32. The number of aliphatic hydroxyl groups is 3. The van der Waals surface area contributed by atoms with E-state index in [2.05, 4.69) is 43.6 Å². The van der Waals surface area contributed by atoms with E-state index in [1.54, 1.807) is 13.2 Å². The number of benzene rings is 1. The Bertz CT molecular complexity index is 987. The summed E-state index contributed by atoms with van der Waals surface area (Å²) in [6.45, 7) is 8.28. The van der Waals surface area contributed by atoms with Gasteiger partial charge in [-0.15, -0.1) is 11.8 Å². The van der Waals surface area contributed by atoms with Crippen LogP contribution in [-0.4, -0.2) is 95.6 Å². The van der Waals surface area contributed by atoms with E-state index < -0.39 is 29.9 Å². The molecule has 1 aromatic rings. The van der Waals surface area contributed by atoms with Crippen molar-refractivity contribution >= 4 is 23.7 Å². The Morgan fingerprint density at radius 1 is 1.07 bits per heavy atom. The Labute approximate surface area is 273 Å². The minimum Gasteiger partial charge on any atom is -0.403 e. The molecule has 3 fully saturated rings. The van der Waals surface area contributed by atoms with Crippen molar-refractivity contribution in [2.75, 3.05) is 31.0 Å². The van der Waals surface area contributed by atoms with Gasteiger partial charge in [0.1, 0.15) is 36.1 Å². The lowest BCUT2D eigenvalue weighted by Gasteiger charge is -2.43. The number of carbonyl (C=O) groups is 1. The maximum absolute atomic E-state index is 10.6. The van der Waals surface area contributed by atoms with Gasteiger partial charge in [-0.2, -0.15) is 0 Å². The Balaban J connectivity index is 0.000000229. The van der Waals surface area contributed by atoms with Crippen molar-refractivity contribution in [3.63, 3.8) is 0 Å². The number of ether oxygens (including phenoxy) is 2. The smallest absolute Gasteiger partial charge is 0.139 e. The topological polar surface area (TPSA) is 176 Å². The average molecular weight is 652 g/mol. The maximum atomic E-state index is 10.6. The fourth-order valence-corrected chi connectivity index (χ4v) is 6.39. The summed E-state index contributed by atoms with van der Waals surface area (Å²) in [5.74, 6) is 7.81. The van der Waals surface area contributed by atoms with Crippen LogP contribution in [0.15, 0.2) is 54.9 Å². The first-order chi connectivity index (χ1) is 21.6. The monoisotopic (exact) mass is 651 g/mol. The van der Waals surface area contributed by atoms with Crippen LogP contribution in [0.3, 0.4) is 0 Å². The van der Waals surface area contributed by atoms with E-state index in [0.29, 0.717) is 5.92 Å². The molecule has 9 unspecified atom stereocenters. The third kappa shape index (κ3) is 13.3. The third-order valence-corrected chi connectivity index (χ3v) is 8.85. The molecule has 5 rings (SSSR count). The molecule has 9 atom stereocenters. The summed E-state index contributed by atoms with van der Waals surface area (Å²) in [4.78, 5) is 10.6. The number of aldehydes is 1. The van der Waals surface area contributed by atoms with Gasteiger partial charge in [0.15, 0.2) is 0 Å². The first-order valence-corrected chi connectivity index (χ1v) is 17.1. The fraction of sp³-hybridized carbons (Fsp3) is 0.667. The standard InChI is InChI=1S/C12H21NO4S.C9H15NO2.C8H11N3.C4H10/c1-13-7-5-3-2-4-6-18-12-10(16)8(14)9(15)11(7)17-12;11-6-8-9-7(5-10-8)3-1-2-4-12-9;9-6-7-11(10)8-4-2-1-3-5-8;1-4(2)3/h2-3,7-16H,4-6H2,1H3;6-10H,1-5H2;1-7H,9-10H2;4H,1-3H3/b3-2-;;7-6-;. The Kier molecular flexibility index (Phi) is 18.9. The minimum absolute atomic E-state index is 0.0481. The number of fused-ring (bicyclic) bond motifs is 3. The number of thioether (sulfide) groups is 1. The third-order valence-electron chi connectivity index (χ3n) is 7.66. The summed E-state index contributed by atoms with van der Waals surface area (Å²) >= 11 is 1.48. The molecule has 2 bridgehead atoms. The molecule has 0 saturated carbocycles. The summed E-state index contributed by atoms with van der Waals surface area (Å²) < 4.78 is 11.4. The molecular weight excluding hydrogens is 594 g/mol. The highest BCUT2D eigenvalue weighted by Gasteiger charge is 2.46. The average Bonchev–Trinajstić information content (AvgIpc) is 3.28. The summed E-state index contributed by atoms with van der Waals surface area (Å²) in [5, 5.41) is 37.6. The number of nitrogens with one attached hydrogen (secondary N) is 2. The van der Waals surface area contributed by atoms with Crippen LogP contribution in [0.25, 0.3) is 0 Å². The van der Waals surface area contributed by atoms with Gasteiger partial charge in [0.25, 0.3) is 0 Å². The van der Waals surface area contributed by atoms with Gasteiger partial charge in [0.05, 0.1) is 17.8 Å². The van der Waals surface area contributed by atoms with Crippen molar-refractivity contribution in [1.29, 1.82) is 0 Å². The number of likely N-dealkylation sites (N-methyl/N-ethyl adjacent to an activating group) is 1. The van der Waals surface area contributed by atoms with Crippen LogP contribution >= 0.6 is 11.8 Å². The van der Waals surface area contributed by atoms with E-state index in [9.17, 15) is 20.1 Å². The summed E-state index contributed by atoms with van der Waals surface area (Å²) in [6, 6.07) is 9.45.